The van der Waals surface area contributed by atoms with Crippen LogP contribution in [-0.4, -0.2) is 86.8 Å². The maximum Gasteiger partial charge on any atom is 0.305 e. The van der Waals surface area contributed by atoms with Gasteiger partial charge in [-0.3, -0.25) is 19.2 Å². The second-order valence-corrected chi connectivity index (χ2v) is 11.6. The van der Waals surface area contributed by atoms with Crippen LogP contribution in [0.15, 0.2) is 60.7 Å². The second kappa shape index (κ2) is 15.0. The predicted octanol–water partition coefficient (Wildman–Crippen LogP) is 4.04. The molecule has 2 aliphatic rings. The van der Waals surface area contributed by atoms with Gasteiger partial charge in [0.2, 0.25) is 0 Å². The Morgan fingerprint density at radius 2 is 1.62 bits per heavy atom. The van der Waals surface area contributed by atoms with Gasteiger partial charge < -0.3 is 39.8 Å². The highest BCUT2D eigenvalue weighted by Gasteiger charge is 2.28. The molecule has 2 fully saturated rings. The summed E-state index contributed by atoms with van der Waals surface area (Å²) >= 11 is 0. The third-order valence-corrected chi connectivity index (χ3v) is 8.44. The summed E-state index contributed by atoms with van der Waals surface area (Å²) in [6, 6.07) is 16.7. The number of carboxylic acids is 1. The number of aryl methyl sites for hydroxylation is 1. The van der Waals surface area contributed by atoms with Gasteiger partial charge in [-0.2, -0.15) is 0 Å². The average molecular weight is 645 g/mol. The van der Waals surface area contributed by atoms with Gasteiger partial charge >= 0.3 is 5.97 Å². The SMILES string of the molecule is COc1ccc(C(=O)N2CCN(c3ccc(C(=O)NC(CC(=O)O)c4ccc(C)cc4)cc3NC(=O)C3CCCO3)CC2)cc1OC. The summed E-state index contributed by atoms with van der Waals surface area (Å²) in [6.07, 6.45) is 0.513. The molecule has 5 rings (SSSR count). The molecule has 2 aliphatic heterocycles. The number of methoxy groups -OCH3 is 2. The van der Waals surface area contributed by atoms with Crippen LogP contribution >= 0.6 is 0 Å². The van der Waals surface area contributed by atoms with Crippen molar-refractivity contribution in [1.82, 2.24) is 10.2 Å². The number of benzene rings is 3. The monoisotopic (exact) mass is 644 g/mol. The van der Waals surface area contributed by atoms with E-state index in [1.807, 2.05) is 19.1 Å². The lowest BCUT2D eigenvalue weighted by Crippen LogP contribution is -2.49. The number of piperazine rings is 1. The van der Waals surface area contributed by atoms with Gasteiger partial charge in [-0.05, 0) is 61.7 Å². The van der Waals surface area contributed by atoms with Crippen molar-refractivity contribution in [3.8, 4) is 11.5 Å². The normalized spacial score (nSPS) is 16.7. The molecular weight excluding hydrogens is 604 g/mol. The number of carbonyl (C=O) groups excluding carboxylic acids is 3. The second-order valence-electron chi connectivity index (χ2n) is 11.6. The minimum atomic E-state index is -1.04. The van der Waals surface area contributed by atoms with Gasteiger partial charge in [0.15, 0.2) is 11.5 Å². The van der Waals surface area contributed by atoms with E-state index in [4.69, 9.17) is 14.2 Å². The Morgan fingerprint density at radius 1 is 0.915 bits per heavy atom. The zero-order chi connectivity index (χ0) is 33.5. The molecule has 12 nitrogen and oxygen atoms in total. The molecular formula is C35H40N4O8. The zero-order valence-corrected chi connectivity index (χ0v) is 26.8. The minimum absolute atomic E-state index is 0.131. The van der Waals surface area contributed by atoms with Crippen molar-refractivity contribution in [2.75, 3.05) is 57.2 Å². The van der Waals surface area contributed by atoms with Crippen LogP contribution in [0.2, 0.25) is 0 Å². The van der Waals surface area contributed by atoms with Gasteiger partial charge in [0.05, 0.1) is 38.1 Å². The highest BCUT2D eigenvalue weighted by atomic mass is 16.5. The molecule has 0 saturated carbocycles. The van der Waals surface area contributed by atoms with Gasteiger partial charge in [0.1, 0.15) is 6.10 Å². The number of aliphatic carboxylic acids is 1. The molecule has 3 N–H and O–H groups in total. The van der Waals surface area contributed by atoms with E-state index >= 15 is 0 Å². The topological polar surface area (TPSA) is 147 Å². The molecule has 2 unspecified atom stereocenters. The first kappa shape index (κ1) is 33.3. The highest BCUT2D eigenvalue weighted by Crippen LogP contribution is 2.31. The van der Waals surface area contributed by atoms with E-state index in [1.54, 1.807) is 53.4 Å². The molecule has 47 heavy (non-hydrogen) atoms. The maximum atomic E-state index is 13.5. The Balaban J connectivity index is 1.34. The van der Waals surface area contributed by atoms with Crippen LogP contribution < -0.4 is 25.0 Å². The lowest BCUT2D eigenvalue weighted by atomic mass is 10.0. The van der Waals surface area contributed by atoms with Crippen molar-refractivity contribution in [2.45, 2.75) is 38.3 Å². The average Bonchev–Trinajstić information content (AvgIpc) is 3.63. The van der Waals surface area contributed by atoms with E-state index < -0.39 is 24.0 Å². The highest BCUT2D eigenvalue weighted by molar-refractivity contribution is 6.01. The molecule has 2 atom stereocenters. The molecule has 3 amide bonds. The van der Waals surface area contributed by atoms with Crippen molar-refractivity contribution >= 4 is 35.1 Å². The summed E-state index contributed by atoms with van der Waals surface area (Å²) in [5.74, 6) is -0.932. The third kappa shape index (κ3) is 8.01. The number of hydrogen-bond donors (Lipinski definition) is 3. The number of carboxylic acid groups (broad SMARTS) is 1. The summed E-state index contributed by atoms with van der Waals surface area (Å²) in [5.41, 5.74) is 3.58. The van der Waals surface area contributed by atoms with Crippen molar-refractivity contribution in [3.63, 3.8) is 0 Å². The fourth-order valence-corrected chi connectivity index (χ4v) is 5.82. The third-order valence-electron chi connectivity index (χ3n) is 8.44. The molecule has 2 heterocycles. The van der Waals surface area contributed by atoms with Crippen LogP contribution in [0.3, 0.4) is 0 Å². The lowest BCUT2D eigenvalue weighted by molar-refractivity contribution is -0.137. The van der Waals surface area contributed by atoms with Crippen LogP contribution in [0.4, 0.5) is 11.4 Å². The van der Waals surface area contributed by atoms with Crippen molar-refractivity contribution in [1.29, 1.82) is 0 Å². The lowest BCUT2D eigenvalue weighted by Gasteiger charge is -2.37. The fraction of sp³-hybridized carbons (Fsp3) is 0.371. The molecule has 2 saturated heterocycles. The largest absolute Gasteiger partial charge is 0.493 e. The molecule has 0 spiro atoms. The molecule has 0 bridgehead atoms. The van der Waals surface area contributed by atoms with Gasteiger partial charge in [0, 0.05) is 43.9 Å². The number of nitrogens with one attached hydrogen (secondary N) is 2. The van der Waals surface area contributed by atoms with Crippen molar-refractivity contribution in [2.24, 2.45) is 0 Å². The number of nitrogens with zero attached hydrogens (tertiary/aromatic N) is 2. The smallest absolute Gasteiger partial charge is 0.305 e. The summed E-state index contributed by atoms with van der Waals surface area (Å²) < 4.78 is 16.2. The first-order valence-electron chi connectivity index (χ1n) is 15.6. The Morgan fingerprint density at radius 3 is 2.26 bits per heavy atom. The van der Waals surface area contributed by atoms with Crippen molar-refractivity contribution < 1.29 is 38.5 Å². The van der Waals surface area contributed by atoms with E-state index in [0.717, 1.165) is 12.0 Å². The summed E-state index contributed by atoms with van der Waals surface area (Å²) in [7, 11) is 3.06. The standard InChI is InChI=1S/C35H40N4O8/c1-22-6-8-23(9-7-22)26(21-32(40)41)36-33(42)24-10-12-28(27(19-24)37-34(43)30-5-4-18-47-30)38-14-16-39(17-15-38)35(44)25-11-13-29(45-2)31(20-25)46-3/h6-13,19-20,26,30H,4-5,14-18,21H2,1-3H3,(H,36,42)(H,37,43)(H,40,41). The number of hydrogen-bond acceptors (Lipinski definition) is 8. The molecule has 3 aromatic rings. The predicted molar refractivity (Wildman–Crippen MR) is 175 cm³/mol. The van der Waals surface area contributed by atoms with E-state index in [0.29, 0.717) is 73.2 Å². The minimum Gasteiger partial charge on any atom is -0.493 e. The summed E-state index contributed by atoms with van der Waals surface area (Å²) in [5, 5.41) is 15.3. The quantitative estimate of drug-likeness (QED) is 0.282. The first-order chi connectivity index (χ1) is 22.7. The number of amides is 3. The number of carbonyl (C=O) groups is 4. The summed E-state index contributed by atoms with van der Waals surface area (Å²) in [4.78, 5) is 55.4. The molecule has 12 heteroatoms. The molecule has 3 aromatic carbocycles. The van der Waals surface area contributed by atoms with Crippen LogP contribution in [0, 0.1) is 6.92 Å². The number of anilines is 2. The van der Waals surface area contributed by atoms with E-state index in [-0.39, 0.29) is 23.8 Å². The van der Waals surface area contributed by atoms with Gasteiger partial charge in [-0.25, -0.2) is 0 Å². The van der Waals surface area contributed by atoms with E-state index in [1.165, 1.54) is 14.2 Å². The van der Waals surface area contributed by atoms with Crippen LogP contribution in [0.5, 0.6) is 11.5 Å². The van der Waals surface area contributed by atoms with Gasteiger partial charge in [-0.1, -0.05) is 29.8 Å². The van der Waals surface area contributed by atoms with Crippen LogP contribution in [0.25, 0.3) is 0 Å². The Hall–Kier alpha value is -5.10. The molecule has 0 radical (unpaired) electrons. The van der Waals surface area contributed by atoms with E-state index in [2.05, 4.69) is 15.5 Å². The Labute approximate surface area is 273 Å². The van der Waals surface area contributed by atoms with Crippen molar-refractivity contribution in [3.05, 3.63) is 82.9 Å². The first-order valence-corrected chi connectivity index (χ1v) is 15.6. The van der Waals surface area contributed by atoms with Gasteiger partial charge in [-0.15, -0.1) is 0 Å². The zero-order valence-electron chi connectivity index (χ0n) is 26.8. The summed E-state index contributed by atoms with van der Waals surface area (Å²) in [6.45, 7) is 4.28. The Kier molecular flexibility index (Phi) is 10.6. The van der Waals surface area contributed by atoms with Gasteiger partial charge in [0.25, 0.3) is 17.7 Å². The van der Waals surface area contributed by atoms with Crippen LogP contribution in [-0.2, 0) is 14.3 Å². The molecule has 248 valence electrons. The maximum absolute atomic E-state index is 13.5. The molecule has 0 aromatic heterocycles. The number of ether oxygens (including phenoxy) is 3. The fourth-order valence-electron chi connectivity index (χ4n) is 5.82. The Bertz CT molecular complexity index is 1610. The molecule has 0 aliphatic carbocycles. The van der Waals surface area contributed by atoms with E-state index in [9.17, 15) is 24.3 Å². The van der Waals surface area contributed by atoms with Crippen LogP contribution in [0.1, 0.15) is 57.1 Å². The number of rotatable bonds is 11.